The molecule has 27 heavy (non-hydrogen) atoms. The van der Waals surface area contributed by atoms with Crippen molar-refractivity contribution in [1.82, 2.24) is 4.90 Å². The van der Waals surface area contributed by atoms with Crippen LogP contribution in [0.2, 0.25) is 4.82 Å². The van der Waals surface area contributed by atoms with Gasteiger partial charge in [0.15, 0.2) is 0 Å². The fraction of sp³-hybridized carbons (Fsp3) is 0.364. The second-order valence-corrected chi connectivity index (χ2v) is 9.70. The Hall–Kier alpha value is -1.94. The summed E-state index contributed by atoms with van der Waals surface area (Å²) in [6.07, 6.45) is 0.721. The van der Waals surface area contributed by atoms with E-state index < -0.39 is 10.5 Å². The van der Waals surface area contributed by atoms with Crippen LogP contribution in [0.1, 0.15) is 26.3 Å². The molecule has 1 saturated heterocycles. The third-order valence-corrected chi connectivity index (χ3v) is 7.47. The van der Waals surface area contributed by atoms with Crippen LogP contribution in [-0.4, -0.2) is 49.9 Å². The summed E-state index contributed by atoms with van der Waals surface area (Å²) in [5, 5.41) is 0. The average molecular weight is 430 g/mol. The quantitative estimate of drug-likeness (QED) is 0.523. The van der Waals surface area contributed by atoms with Gasteiger partial charge in [0.05, 0.1) is 0 Å². The molecule has 1 unspecified atom stereocenters. The molecule has 1 heterocycles. The van der Waals surface area contributed by atoms with Crippen LogP contribution in [0.5, 0.6) is 0 Å². The Bertz CT molecular complexity index is 792. The number of benzene rings is 2. The molecular formula is C22H25NO3Se. The number of Topliss-reactive ketones (excluding diaryl/α,β-unsaturated/α-hetero) is 1. The van der Waals surface area contributed by atoms with Crippen molar-refractivity contribution in [2.24, 2.45) is 0 Å². The van der Waals surface area contributed by atoms with Crippen LogP contribution in [-0.2, 0) is 20.7 Å². The van der Waals surface area contributed by atoms with Crippen LogP contribution < -0.4 is 4.46 Å². The summed E-state index contributed by atoms with van der Waals surface area (Å²) in [6.45, 7) is 5.81. The minimum atomic E-state index is -0.711. The van der Waals surface area contributed by atoms with Crippen LogP contribution in [0.25, 0.3) is 0 Å². The Labute approximate surface area is 167 Å². The molecule has 2 aromatic carbocycles. The standard InChI is InChI=1S/C22H25NO3Se/c1-16(24)20(27-19-12-8-5-9-13-19)21(25)23-18(15-26-22(23,2)3)14-17-10-6-4-7-11-17/h4-13,18,20H,14-15H2,1-3H3/t18-,20?/m0/s1. The van der Waals surface area contributed by atoms with E-state index >= 15 is 0 Å². The predicted octanol–water partition coefficient (Wildman–Crippen LogP) is 2.60. The first-order valence-corrected chi connectivity index (χ1v) is 11.0. The molecule has 1 aliphatic heterocycles. The van der Waals surface area contributed by atoms with Crippen molar-refractivity contribution < 1.29 is 14.3 Å². The van der Waals surface area contributed by atoms with E-state index in [1.807, 2.05) is 62.4 Å². The zero-order chi connectivity index (χ0) is 19.4. The fourth-order valence-electron chi connectivity index (χ4n) is 3.43. The van der Waals surface area contributed by atoms with Gasteiger partial charge in [0.2, 0.25) is 0 Å². The number of ether oxygens (including phenoxy) is 1. The Morgan fingerprint density at radius 3 is 2.30 bits per heavy atom. The topological polar surface area (TPSA) is 46.6 Å². The van der Waals surface area contributed by atoms with Gasteiger partial charge >= 0.3 is 167 Å². The van der Waals surface area contributed by atoms with Gasteiger partial charge in [0.25, 0.3) is 0 Å². The van der Waals surface area contributed by atoms with E-state index in [2.05, 4.69) is 12.1 Å². The van der Waals surface area contributed by atoms with Crippen LogP contribution in [0.15, 0.2) is 60.7 Å². The average Bonchev–Trinajstić information content (AvgIpc) is 2.95. The summed E-state index contributed by atoms with van der Waals surface area (Å²) in [5.41, 5.74) is 0.450. The van der Waals surface area contributed by atoms with Gasteiger partial charge < -0.3 is 0 Å². The molecular weight excluding hydrogens is 405 g/mol. The summed E-state index contributed by atoms with van der Waals surface area (Å²) in [6, 6.07) is 19.8. The third kappa shape index (κ3) is 4.67. The molecule has 1 aliphatic rings. The molecule has 4 nitrogen and oxygen atoms in total. The number of hydrogen-bond donors (Lipinski definition) is 0. The third-order valence-electron chi connectivity index (χ3n) is 4.72. The molecule has 0 N–H and O–H groups in total. The minimum absolute atomic E-state index is 0.0664. The van der Waals surface area contributed by atoms with E-state index in [4.69, 9.17) is 4.74 Å². The number of hydrogen-bond acceptors (Lipinski definition) is 3. The van der Waals surface area contributed by atoms with Gasteiger partial charge in [-0.2, -0.15) is 0 Å². The van der Waals surface area contributed by atoms with E-state index in [-0.39, 0.29) is 32.7 Å². The molecule has 2 atom stereocenters. The molecule has 142 valence electrons. The van der Waals surface area contributed by atoms with Gasteiger partial charge in [-0.1, -0.05) is 0 Å². The number of ketones is 1. The van der Waals surface area contributed by atoms with Crippen molar-refractivity contribution in [3.63, 3.8) is 0 Å². The predicted molar refractivity (Wildman–Crippen MR) is 107 cm³/mol. The van der Waals surface area contributed by atoms with Gasteiger partial charge in [-0.25, -0.2) is 0 Å². The Kier molecular flexibility index (Phi) is 6.15. The fourth-order valence-corrected chi connectivity index (χ4v) is 5.46. The molecule has 0 aromatic heterocycles. The maximum absolute atomic E-state index is 13.4. The van der Waals surface area contributed by atoms with Crippen LogP contribution in [0.4, 0.5) is 0 Å². The van der Waals surface area contributed by atoms with Crippen LogP contribution in [0.3, 0.4) is 0 Å². The maximum atomic E-state index is 13.4. The van der Waals surface area contributed by atoms with Crippen molar-refractivity contribution in [2.45, 2.75) is 43.8 Å². The SMILES string of the molecule is CC(=O)C([Se]c1ccccc1)C(=O)N1[C@@H](Cc2ccccc2)COC1(C)C. The number of rotatable bonds is 6. The number of carbonyl (C=O) groups excluding carboxylic acids is 2. The van der Waals surface area contributed by atoms with Crippen molar-refractivity contribution in [1.29, 1.82) is 0 Å². The number of carbonyl (C=O) groups is 2. The van der Waals surface area contributed by atoms with Gasteiger partial charge in [0, 0.05) is 0 Å². The zero-order valence-corrected chi connectivity index (χ0v) is 17.6. The van der Waals surface area contributed by atoms with E-state index in [9.17, 15) is 9.59 Å². The van der Waals surface area contributed by atoms with Gasteiger partial charge in [-0.15, -0.1) is 0 Å². The molecule has 0 saturated carbocycles. The first kappa shape index (κ1) is 19.8. The second-order valence-electron chi connectivity index (χ2n) is 7.23. The van der Waals surface area contributed by atoms with Gasteiger partial charge in [-0.05, 0) is 0 Å². The van der Waals surface area contributed by atoms with E-state index in [0.717, 1.165) is 16.4 Å². The zero-order valence-electron chi connectivity index (χ0n) is 15.9. The molecule has 3 rings (SSSR count). The summed E-state index contributed by atoms with van der Waals surface area (Å²) in [4.78, 5) is 27.0. The summed E-state index contributed by atoms with van der Waals surface area (Å²) in [5.74, 6) is -0.195. The first-order valence-electron chi connectivity index (χ1n) is 9.12. The van der Waals surface area contributed by atoms with E-state index in [1.165, 1.54) is 6.92 Å². The summed E-state index contributed by atoms with van der Waals surface area (Å²) in [7, 11) is 0. The molecule has 0 aliphatic carbocycles. The molecule has 5 heteroatoms. The Morgan fingerprint density at radius 1 is 1.11 bits per heavy atom. The Balaban J connectivity index is 1.84. The van der Waals surface area contributed by atoms with E-state index in [1.54, 1.807) is 4.90 Å². The molecule has 0 spiro atoms. The van der Waals surface area contributed by atoms with Crippen molar-refractivity contribution in [3.8, 4) is 0 Å². The molecule has 0 radical (unpaired) electrons. The van der Waals surface area contributed by atoms with Gasteiger partial charge in [-0.3, -0.25) is 0 Å². The molecule has 0 bridgehead atoms. The number of nitrogens with zero attached hydrogens (tertiary/aromatic N) is 1. The van der Waals surface area contributed by atoms with Crippen molar-refractivity contribution in [2.75, 3.05) is 6.61 Å². The molecule has 1 fully saturated rings. The number of amides is 1. The van der Waals surface area contributed by atoms with Crippen LogP contribution in [0, 0.1) is 0 Å². The summed E-state index contributed by atoms with van der Waals surface area (Å²) < 4.78 is 6.99. The Morgan fingerprint density at radius 2 is 1.70 bits per heavy atom. The van der Waals surface area contributed by atoms with Gasteiger partial charge in [0.1, 0.15) is 0 Å². The monoisotopic (exact) mass is 431 g/mol. The van der Waals surface area contributed by atoms with Crippen LogP contribution >= 0.6 is 0 Å². The van der Waals surface area contributed by atoms with E-state index in [0.29, 0.717) is 6.61 Å². The van der Waals surface area contributed by atoms with Crippen molar-refractivity contribution >= 4 is 31.1 Å². The molecule has 1 amide bonds. The normalized spacial score (nSPS) is 19.7. The van der Waals surface area contributed by atoms with Crippen molar-refractivity contribution in [3.05, 3.63) is 66.2 Å². The molecule has 2 aromatic rings. The second kappa shape index (κ2) is 8.39. The summed E-state index contributed by atoms with van der Waals surface area (Å²) >= 11 is -0.250. The first-order chi connectivity index (χ1) is 12.9.